The van der Waals surface area contributed by atoms with Crippen molar-refractivity contribution < 1.29 is 23.0 Å². The van der Waals surface area contributed by atoms with Crippen molar-refractivity contribution in [3.05, 3.63) is 53.7 Å². The van der Waals surface area contributed by atoms with E-state index in [4.69, 9.17) is 26.2 Å². The number of benzene rings is 2. The van der Waals surface area contributed by atoms with E-state index in [1.165, 1.54) is 18.3 Å². The number of primary sulfonamides is 1. The predicted molar refractivity (Wildman–Crippen MR) is 115 cm³/mol. The third kappa shape index (κ3) is 4.49. The highest BCUT2D eigenvalue weighted by Crippen LogP contribution is 2.47. The van der Waals surface area contributed by atoms with E-state index >= 15 is 0 Å². The van der Waals surface area contributed by atoms with E-state index in [9.17, 15) is 13.5 Å². The van der Waals surface area contributed by atoms with Gasteiger partial charge in [-0.3, -0.25) is 0 Å². The van der Waals surface area contributed by atoms with Crippen LogP contribution in [-0.4, -0.2) is 43.4 Å². The molecule has 12 heteroatoms. The summed E-state index contributed by atoms with van der Waals surface area (Å²) in [5.41, 5.74) is 0.944. The Morgan fingerprint density at radius 2 is 2.06 bits per heavy atom. The van der Waals surface area contributed by atoms with E-state index in [2.05, 4.69) is 15.3 Å². The number of hydrogen-bond acceptors (Lipinski definition) is 9. The predicted octanol–water partition coefficient (Wildman–Crippen LogP) is 2.38. The first-order valence-corrected chi connectivity index (χ1v) is 11.0. The molecule has 0 atom stereocenters. The number of rotatable bonds is 7. The van der Waals surface area contributed by atoms with Gasteiger partial charge in [0.05, 0.1) is 16.5 Å². The first kappa shape index (κ1) is 21.1. The molecule has 0 saturated carbocycles. The summed E-state index contributed by atoms with van der Waals surface area (Å²) in [6, 6.07) is 11.0. The summed E-state index contributed by atoms with van der Waals surface area (Å²) >= 11 is 6.43. The summed E-state index contributed by atoms with van der Waals surface area (Å²) in [7, 11) is -3.85. The molecule has 0 radical (unpaired) electrons. The highest BCUT2D eigenvalue weighted by atomic mass is 35.5. The van der Waals surface area contributed by atoms with Gasteiger partial charge in [-0.1, -0.05) is 17.7 Å². The normalized spacial score (nSPS) is 12.6. The van der Waals surface area contributed by atoms with Crippen LogP contribution < -0.4 is 24.8 Å². The van der Waals surface area contributed by atoms with Crippen LogP contribution in [0.2, 0.25) is 5.02 Å². The Kier molecular flexibility index (Phi) is 5.83. The van der Waals surface area contributed by atoms with Crippen LogP contribution in [0.5, 0.6) is 11.5 Å². The zero-order valence-electron chi connectivity index (χ0n) is 16.0. The molecule has 0 fully saturated rings. The molecule has 2 aromatic carbocycles. The Bertz CT molecular complexity index is 1220. The van der Waals surface area contributed by atoms with E-state index < -0.39 is 10.0 Å². The summed E-state index contributed by atoms with van der Waals surface area (Å²) in [5.74, 6) is 1.62. The second-order valence-electron chi connectivity index (χ2n) is 6.44. The van der Waals surface area contributed by atoms with Crippen LogP contribution in [-0.2, 0) is 10.0 Å². The van der Waals surface area contributed by atoms with Crippen molar-refractivity contribution in [2.45, 2.75) is 4.90 Å². The Labute approximate surface area is 183 Å². The number of aliphatic hydroxyl groups is 1. The SMILES string of the molecule is NS(=O)(=O)c1cccc(Nc2nccc(N(CCO)c3c(Cl)ccc4c3OCO4)n2)c1. The molecule has 0 saturated heterocycles. The summed E-state index contributed by atoms with van der Waals surface area (Å²) in [6.07, 6.45) is 1.52. The maximum atomic E-state index is 11.6. The molecule has 1 aliphatic rings. The van der Waals surface area contributed by atoms with Crippen LogP contribution in [0.15, 0.2) is 53.6 Å². The first-order chi connectivity index (χ1) is 14.9. The molecule has 2 heterocycles. The average Bonchev–Trinajstić information content (AvgIpc) is 3.21. The second-order valence-corrected chi connectivity index (χ2v) is 8.41. The molecule has 0 aliphatic carbocycles. The van der Waals surface area contributed by atoms with Gasteiger partial charge < -0.3 is 24.8 Å². The van der Waals surface area contributed by atoms with Crippen LogP contribution >= 0.6 is 11.6 Å². The third-order valence-corrected chi connectivity index (χ3v) is 5.61. The zero-order valence-corrected chi connectivity index (χ0v) is 17.6. The quantitative estimate of drug-likeness (QED) is 0.481. The van der Waals surface area contributed by atoms with E-state index in [0.717, 1.165) is 0 Å². The van der Waals surface area contributed by atoms with Gasteiger partial charge in [0.25, 0.3) is 0 Å². The zero-order chi connectivity index (χ0) is 22.0. The molecule has 10 nitrogen and oxygen atoms in total. The van der Waals surface area contributed by atoms with Crippen molar-refractivity contribution in [3.63, 3.8) is 0 Å². The molecular weight excluding hydrogens is 446 g/mol. The molecule has 1 aromatic heterocycles. The van der Waals surface area contributed by atoms with Gasteiger partial charge in [-0.05, 0) is 36.4 Å². The van der Waals surface area contributed by atoms with Gasteiger partial charge in [-0.2, -0.15) is 4.98 Å². The van der Waals surface area contributed by atoms with Crippen LogP contribution in [0.4, 0.5) is 23.1 Å². The molecule has 0 spiro atoms. The number of nitrogens with two attached hydrogens (primary N) is 1. The maximum absolute atomic E-state index is 11.6. The van der Waals surface area contributed by atoms with Crippen molar-refractivity contribution >= 4 is 44.8 Å². The lowest BCUT2D eigenvalue weighted by Crippen LogP contribution is -2.23. The van der Waals surface area contributed by atoms with Crippen molar-refractivity contribution in [1.29, 1.82) is 0 Å². The Balaban J connectivity index is 1.69. The fourth-order valence-electron chi connectivity index (χ4n) is 3.07. The molecule has 31 heavy (non-hydrogen) atoms. The molecule has 0 amide bonds. The number of aromatic nitrogens is 2. The van der Waals surface area contributed by atoms with Crippen LogP contribution in [0.1, 0.15) is 0 Å². The molecule has 0 bridgehead atoms. The molecule has 3 aromatic rings. The lowest BCUT2D eigenvalue weighted by molar-refractivity contribution is 0.174. The van der Waals surface area contributed by atoms with Gasteiger partial charge in [-0.25, -0.2) is 18.5 Å². The van der Waals surface area contributed by atoms with Gasteiger partial charge in [0.15, 0.2) is 11.5 Å². The standard InChI is InChI=1S/C19H18ClN5O5S/c20-14-4-5-15-18(30-11-29-15)17(14)25(8-9-26)16-6-7-22-19(24-16)23-12-2-1-3-13(10-12)31(21,27)28/h1-7,10,26H,8-9,11H2,(H2,21,27,28)(H,22,23,24). The lowest BCUT2D eigenvalue weighted by Gasteiger charge is -2.25. The van der Waals surface area contributed by atoms with Gasteiger partial charge in [0.1, 0.15) is 11.5 Å². The number of fused-ring (bicyclic) bond motifs is 1. The summed E-state index contributed by atoms with van der Waals surface area (Å²) in [4.78, 5) is 10.3. The van der Waals surface area contributed by atoms with Gasteiger partial charge in [-0.15, -0.1) is 0 Å². The third-order valence-electron chi connectivity index (χ3n) is 4.39. The van der Waals surface area contributed by atoms with Gasteiger partial charge in [0.2, 0.25) is 22.8 Å². The van der Waals surface area contributed by atoms with E-state index in [-0.39, 0.29) is 30.8 Å². The highest BCUT2D eigenvalue weighted by Gasteiger charge is 2.26. The largest absolute Gasteiger partial charge is 0.454 e. The number of anilines is 4. The number of nitrogens with zero attached hydrogens (tertiary/aromatic N) is 3. The number of aliphatic hydroxyl groups excluding tert-OH is 1. The molecule has 4 rings (SSSR count). The number of hydrogen-bond donors (Lipinski definition) is 3. The molecule has 1 aliphatic heterocycles. The van der Waals surface area contributed by atoms with E-state index in [0.29, 0.717) is 33.7 Å². The second kappa shape index (κ2) is 8.55. The van der Waals surface area contributed by atoms with Gasteiger partial charge in [0, 0.05) is 18.4 Å². The van der Waals surface area contributed by atoms with Crippen molar-refractivity contribution in [1.82, 2.24) is 9.97 Å². The van der Waals surface area contributed by atoms with Gasteiger partial charge >= 0.3 is 0 Å². The Morgan fingerprint density at radius 1 is 1.23 bits per heavy atom. The highest BCUT2D eigenvalue weighted by molar-refractivity contribution is 7.89. The van der Waals surface area contributed by atoms with Crippen molar-refractivity contribution in [2.24, 2.45) is 5.14 Å². The van der Waals surface area contributed by atoms with E-state index in [1.54, 1.807) is 35.2 Å². The van der Waals surface area contributed by atoms with Crippen LogP contribution in [0.3, 0.4) is 0 Å². The molecule has 4 N–H and O–H groups in total. The monoisotopic (exact) mass is 463 g/mol. The fourth-order valence-corrected chi connectivity index (χ4v) is 3.88. The van der Waals surface area contributed by atoms with Crippen LogP contribution in [0.25, 0.3) is 0 Å². The summed E-state index contributed by atoms with van der Waals surface area (Å²) in [5, 5.41) is 18.2. The number of nitrogens with one attached hydrogen (secondary N) is 1. The fraction of sp³-hybridized carbons (Fsp3) is 0.158. The number of ether oxygens (including phenoxy) is 2. The number of sulfonamides is 1. The molecule has 162 valence electrons. The van der Waals surface area contributed by atoms with Crippen LogP contribution in [0, 0.1) is 0 Å². The topological polar surface area (TPSA) is 140 Å². The summed E-state index contributed by atoms with van der Waals surface area (Å²) < 4.78 is 34.2. The molecular formula is C19H18ClN5O5S. The smallest absolute Gasteiger partial charge is 0.238 e. The minimum absolute atomic E-state index is 0.0423. The minimum Gasteiger partial charge on any atom is -0.454 e. The Morgan fingerprint density at radius 3 is 2.84 bits per heavy atom. The van der Waals surface area contributed by atoms with Crippen molar-refractivity contribution in [3.8, 4) is 11.5 Å². The number of halogens is 1. The maximum Gasteiger partial charge on any atom is 0.238 e. The van der Waals surface area contributed by atoms with E-state index in [1.807, 2.05) is 0 Å². The first-order valence-electron chi connectivity index (χ1n) is 9.06. The average molecular weight is 464 g/mol. The lowest BCUT2D eigenvalue weighted by atomic mass is 10.2. The Hall–Kier alpha value is -3.12. The molecule has 0 unspecified atom stereocenters. The minimum atomic E-state index is -3.85. The van der Waals surface area contributed by atoms with Crippen molar-refractivity contribution in [2.75, 3.05) is 30.2 Å². The summed E-state index contributed by atoms with van der Waals surface area (Å²) in [6.45, 7) is 0.0630.